The van der Waals surface area contributed by atoms with Gasteiger partial charge in [-0.3, -0.25) is 4.90 Å². The van der Waals surface area contributed by atoms with Gasteiger partial charge in [-0.25, -0.2) is 4.79 Å². The molecule has 5 heteroatoms. The highest BCUT2D eigenvalue weighted by atomic mass is 16.6. The Balaban J connectivity index is 1.93. The van der Waals surface area contributed by atoms with Gasteiger partial charge in [-0.2, -0.15) is 0 Å². The molecule has 1 aliphatic rings. The average molecular weight is 184 g/mol. The van der Waals surface area contributed by atoms with Gasteiger partial charge in [-0.05, 0) is 0 Å². The van der Waals surface area contributed by atoms with Crippen LogP contribution in [-0.2, 0) is 6.54 Å². The number of nitrogens with zero attached hydrogens (tertiary/aromatic N) is 1. The summed E-state index contributed by atoms with van der Waals surface area (Å²) in [5.74, 6) is -0.0166. The molecule has 1 N–H and O–H groups in total. The van der Waals surface area contributed by atoms with Crippen molar-refractivity contribution >= 4 is 0 Å². The summed E-state index contributed by atoms with van der Waals surface area (Å²) in [7, 11) is 0. The van der Waals surface area contributed by atoms with Crippen LogP contribution in [-0.4, -0.2) is 31.1 Å². The summed E-state index contributed by atoms with van der Waals surface area (Å²) in [6, 6.07) is 0. The maximum Gasteiger partial charge on any atom is 0.518 e. The van der Waals surface area contributed by atoms with Crippen LogP contribution in [0.25, 0.3) is 0 Å². The molecule has 5 nitrogen and oxygen atoms in total. The van der Waals surface area contributed by atoms with Crippen molar-refractivity contribution in [3.8, 4) is 0 Å². The SMILES string of the molecule is O=c1occ(CN2CCNCC2)o1. The fourth-order valence-corrected chi connectivity index (χ4v) is 1.43. The van der Waals surface area contributed by atoms with Crippen molar-refractivity contribution in [1.29, 1.82) is 0 Å². The third-order valence-electron chi connectivity index (χ3n) is 2.09. The second-order valence-corrected chi connectivity index (χ2v) is 3.08. The summed E-state index contributed by atoms with van der Waals surface area (Å²) < 4.78 is 9.34. The van der Waals surface area contributed by atoms with E-state index in [2.05, 4.69) is 14.6 Å². The molecular formula is C8H12N2O3. The first-order valence-corrected chi connectivity index (χ1v) is 4.35. The van der Waals surface area contributed by atoms with Crippen LogP contribution in [0.1, 0.15) is 5.76 Å². The van der Waals surface area contributed by atoms with E-state index in [0.29, 0.717) is 12.3 Å². The molecule has 0 radical (unpaired) electrons. The molecule has 2 heterocycles. The van der Waals surface area contributed by atoms with Crippen molar-refractivity contribution in [1.82, 2.24) is 10.2 Å². The second kappa shape index (κ2) is 3.76. The van der Waals surface area contributed by atoms with Gasteiger partial charge in [0.05, 0.1) is 6.54 Å². The molecule has 1 aromatic heterocycles. The van der Waals surface area contributed by atoms with Gasteiger partial charge in [-0.15, -0.1) is 0 Å². The molecule has 0 atom stereocenters. The molecule has 1 aromatic rings. The maximum absolute atomic E-state index is 10.6. The fourth-order valence-electron chi connectivity index (χ4n) is 1.43. The van der Waals surface area contributed by atoms with E-state index in [9.17, 15) is 4.79 Å². The second-order valence-electron chi connectivity index (χ2n) is 3.08. The van der Waals surface area contributed by atoms with Gasteiger partial charge in [0, 0.05) is 26.2 Å². The van der Waals surface area contributed by atoms with Crippen molar-refractivity contribution < 1.29 is 8.83 Å². The third-order valence-corrected chi connectivity index (χ3v) is 2.09. The van der Waals surface area contributed by atoms with E-state index in [1.54, 1.807) is 0 Å². The first-order valence-electron chi connectivity index (χ1n) is 4.35. The fraction of sp³-hybridized carbons (Fsp3) is 0.625. The van der Waals surface area contributed by atoms with Gasteiger partial charge in [0.15, 0.2) is 5.76 Å². The number of rotatable bonds is 2. The first-order chi connectivity index (χ1) is 6.34. The molecule has 1 aliphatic heterocycles. The van der Waals surface area contributed by atoms with E-state index >= 15 is 0 Å². The van der Waals surface area contributed by atoms with Crippen LogP contribution in [0.4, 0.5) is 0 Å². The molecule has 0 saturated carbocycles. The zero-order chi connectivity index (χ0) is 9.10. The number of hydrogen-bond donors (Lipinski definition) is 1. The molecule has 0 unspecified atom stereocenters. The molecule has 0 aliphatic carbocycles. The molecule has 2 rings (SSSR count). The maximum atomic E-state index is 10.6. The van der Waals surface area contributed by atoms with Crippen molar-refractivity contribution in [3.05, 3.63) is 22.6 Å². The minimum absolute atomic E-state index is 0.604. The summed E-state index contributed by atoms with van der Waals surface area (Å²) in [6.45, 7) is 4.60. The summed E-state index contributed by atoms with van der Waals surface area (Å²) >= 11 is 0. The highest BCUT2D eigenvalue weighted by Crippen LogP contribution is 2.02. The minimum Gasteiger partial charge on any atom is -0.399 e. The van der Waals surface area contributed by atoms with Gasteiger partial charge in [0.1, 0.15) is 6.26 Å². The van der Waals surface area contributed by atoms with Crippen LogP contribution in [0.5, 0.6) is 0 Å². The Labute approximate surface area is 75.3 Å². The Morgan fingerprint density at radius 3 is 2.85 bits per heavy atom. The Bertz CT molecular complexity index is 311. The topological polar surface area (TPSA) is 58.6 Å². The quantitative estimate of drug-likeness (QED) is 0.680. The molecular weight excluding hydrogens is 172 g/mol. The van der Waals surface area contributed by atoms with E-state index in [0.717, 1.165) is 26.2 Å². The van der Waals surface area contributed by atoms with Crippen LogP contribution in [0, 0.1) is 0 Å². The molecule has 0 spiro atoms. The highest BCUT2D eigenvalue weighted by molar-refractivity contribution is 4.86. The van der Waals surface area contributed by atoms with Gasteiger partial charge in [0.2, 0.25) is 0 Å². The van der Waals surface area contributed by atoms with E-state index in [1.165, 1.54) is 6.26 Å². The summed E-state index contributed by atoms with van der Waals surface area (Å²) in [5.41, 5.74) is 0. The first kappa shape index (κ1) is 8.52. The molecule has 0 amide bonds. The van der Waals surface area contributed by atoms with Crippen LogP contribution in [0.2, 0.25) is 0 Å². The van der Waals surface area contributed by atoms with Crippen LogP contribution >= 0.6 is 0 Å². The molecule has 72 valence electrons. The third kappa shape index (κ3) is 2.19. The standard InChI is InChI=1S/C8H12N2O3/c11-8-12-6-7(13-8)5-10-3-1-9-2-4-10/h6,9H,1-5H2. The predicted molar refractivity (Wildman–Crippen MR) is 45.4 cm³/mol. The van der Waals surface area contributed by atoms with Crippen molar-refractivity contribution in [2.24, 2.45) is 0 Å². The minimum atomic E-state index is -0.620. The average Bonchev–Trinajstić information content (AvgIpc) is 2.53. The van der Waals surface area contributed by atoms with Crippen molar-refractivity contribution in [3.63, 3.8) is 0 Å². The number of hydrogen-bond acceptors (Lipinski definition) is 5. The normalized spacial score (nSPS) is 19.1. The largest absolute Gasteiger partial charge is 0.518 e. The van der Waals surface area contributed by atoms with E-state index < -0.39 is 5.82 Å². The van der Waals surface area contributed by atoms with Gasteiger partial charge < -0.3 is 14.2 Å². The van der Waals surface area contributed by atoms with Crippen LogP contribution in [0.15, 0.2) is 19.9 Å². The number of nitrogens with one attached hydrogen (secondary N) is 1. The van der Waals surface area contributed by atoms with Crippen LogP contribution < -0.4 is 11.1 Å². The zero-order valence-electron chi connectivity index (χ0n) is 7.28. The predicted octanol–water partition coefficient (Wildman–Crippen LogP) is -0.362. The Morgan fingerprint density at radius 2 is 2.23 bits per heavy atom. The Morgan fingerprint density at radius 1 is 1.46 bits per heavy atom. The Kier molecular flexibility index (Phi) is 2.47. The lowest BCUT2D eigenvalue weighted by atomic mass is 10.3. The molecule has 1 fully saturated rings. The van der Waals surface area contributed by atoms with Crippen molar-refractivity contribution in [2.45, 2.75) is 6.54 Å². The van der Waals surface area contributed by atoms with E-state index in [4.69, 9.17) is 4.42 Å². The molecule has 13 heavy (non-hydrogen) atoms. The van der Waals surface area contributed by atoms with Gasteiger partial charge >= 0.3 is 5.82 Å². The monoisotopic (exact) mass is 184 g/mol. The molecule has 0 bridgehead atoms. The number of piperazine rings is 1. The van der Waals surface area contributed by atoms with Gasteiger partial charge in [-0.1, -0.05) is 0 Å². The summed E-state index contributed by atoms with van der Waals surface area (Å²) in [4.78, 5) is 12.8. The van der Waals surface area contributed by atoms with Crippen LogP contribution in [0.3, 0.4) is 0 Å². The lowest BCUT2D eigenvalue weighted by Crippen LogP contribution is -2.42. The summed E-state index contributed by atoms with van der Waals surface area (Å²) in [6.07, 6.45) is 1.38. The van der Waals surface area contributed by atoms with E-state index in [-0.39, 0.29) is 0 Å². The lowest BCUT2D eigenvalue weighted by molar-refractivity contribution is 0.214. The van der Waals surface area contributed by atoms with Crippen molar-refractivity contribution in [2.75, 3.05) is 26.2 Å². The Hall–Kier alpha value is -1.07. The molecule has 1 saturated heterocycles. The van der Waals surface area contributed by atoms with Gasteiger partial charge in [0.25, 0.3) is 0 Å². The molecule has 0 aromatic carbocycles. The summed E-state index contributed by atoms with van der Waals surface area (Å²) in [5, 5.41) is 3.25. The smallest absolute Gasteiger partial charge is 0.399 e. The zero-order valence-corrected chi connectivity index (χ0v) is 7.28. The lowest BCUT2D eigenvalue weighted by Gasteiger charge is -2.25. The van der Waals surface area contributed by atoms with E-state index in [1.807, 2.05) is 0 Å². The highest BCUT2D eigenvalue weighted by Gasteiger charge is 2.12.